The van der Waals surface area contributed by atoms with Crippen molar-refractivity contribution in [3.8, 4) is 0 Å². The molecule has 0 atom stereocenters. The normalized spacial score (nSPS) is 12.1. The Balaban J connectivity index is 2.69. The highest BCUT2D eigenvalue weighted by molar-refractivity contribution is 5.20. The van der Waals surface area contributed by atoms with Crippen LogP contribution in [0.3, 0.4) is 0 Å². The molecule has 96 valence electrons. The summed E-state index contributed by atoms with van der Waals surface area (Å²) in [5.74, 6) is -2.87. The molecule has 0 aliphatic carbocycles. The highest BCUT2D eigenvalue weighted by atomic mass is 19.3. The molecule has 4 heteroatoms. The predicted molar refractivity (Wildman–Crippen MR) is 64.2 cm³/mol. The Bertz CT molecular complexity index is 310. The SMILES string of the molecule is CCCN(CCO)CC(F)(F)c1ccccc1. The van der Waals surface area contributed by atoms with Crippen molar-refractivity contribution in [1.29, 1.82) is 0 Å². The van der Waals surface area contributed by atoms with E-state index in [9.17, 15) is 8.78 Å². The third kappa shape index (κ3) is 4.40. The maximum absolute atomic E-state index is 13.9. The minimum Gasteiger partial charge on any atom is -0.395 e. The van der Waals surface area contributed by atoms with Crippen LogP contribution in [0.25, 0.3) is 0 Å². The van der Waals surface area contributed by atoms with Gasteiger partial charge in [0, 0.05) is 12.1 Å². The molecule has 0 saturated carbocycles. The zero-order chi connectivity index (χ0) is 12.7. The second-order valence-corrected chi connectivity index (χ2v) is 4.07. The van der Waals surface area contributed by atoms with Crippen molar-refractivity contribution in [3.05, 3.63) is 35.9 Å². The fraction of sp³-hybridized carbons (Fsp3) is 0.538. The summed E-state index contributed by atoms with van der Waals surface area (Å²) < 4.78 is 27.9. The van der Waals surface area contributed by atoms with Crippen molar-refractivity contribution in [2.24, 2.45) is 0 Å². The molecule has 17 heavy (non-hydrogen) atoms. The third-order valence-corrected chi connectivity index (χ3v) is 2.57. The summed E-state index contributed by atoms with van der Waals surface area (Å²) >= 11 is 0. The molecule has 1 aromatic rings. The number of aliphatic hydroxyl groups is 1. The summed E-state index contributed by atoms with van der Waals surface area (Å²) in [5.41, 5.74) is 0.0269. The van der Waals surface area contributed by atoms with Crippen molar-refractivity contribution >= 4 is 0 Å². The number of hydrogen-bond acceptors (Lipinski definition) is 2. The lowest BCUT2D eigenvalue weighted by Gasteiger charge is -2.26. The van der Waals surface area contributed by atoms with Gasteiger partial charge in [-0.1, -0.05) is 37.3 Å². The molecular weight excluding hydrogens is 224 g/mol. The van der Waals surface area contributed by atoms with Gasteiger partial charge in [-0.3, -0.25) is 4.90 Å². The summed E-state index contributed by atoms with van der Waals surface area (Å²) in [7, 11) is 0. The third-order valence-electron chi connectivity index (χ3n) is 2.57. The first kappa shape index (κ1) is 14.1. The fourth-order valence-corrected chi connectivity index (χ4v) is 1.78. The molecule has 0 aliphatic heterocycles. The second kappa shape index (κ2) is 6.67. The van der Waals surface area contributed by atoms with Gasteiger partial charge in [-0.05, 0) is 13.0 Å². The van der Waals surface area contributed by atoms with Crippen LogP contribution in [0.2, 0.25) is 0 Å². The molecule has 0 aliphatic rings. The van der Waals surface area contributed by atoms with Crippen molar-refractivity contribution in [2.75, 3.05) is 26.2 Å². The smallest absolute Gasteiger partial charge is 0.285 e. The van der Waals surface area contributed by atoms with E-state index in [2.05, 4.69) is 0 Å². The molecule has 1 rings (SSSR count). The van der Waals surface area contributed by atoms with Crippen LogP contribution in [0.5, 0.6) is 0 Å². The highest BCUT2D eigenvalue weighted by Gasteiger charge is 2.33. The summed E-state index contributed by atoms with van der Waals surface area (Å²) in [6, 6.07) is 7.81. The van der Waals surface area contributed by atoms with Crippen LogP contribution in [0.15, 0.2) is 30.3 Å². The minimum absolute atomic E-state index is 0.0269. The average molecular weight is 243 g/mol. The van der Waals surface area contributed by atoms with E-state index in [1.165, 1.54) is 12.1 Å². The van der Waals surface area contributed by atoms with Crippen LogP contribution in [0.4, 0.5) is 8.78 Å². The summed E-state index contributed by atoms with van der Waals surface area (Å²) in [4.78, 5) is 1.59. The number of benzene rings is 1. The Morgan fingerprint density at radius 2 is 1.82 bits per heavy atom. The van der Waals surface area contributed by atoms with Gasteiger partial charge in [0.2, 0.25) is 0 Å². The molecule has 0 unspecified atom stereocenters. The van der Waals surface area contributed by atoms with Crippen LogP contribution in [-0.4, -0.2) is 36.2 Å². The van der Waals surface area contributed by atoms with Gasteiger partial charge in [0.05, 0.1) is 13.2 Å². The Morgan fingerprint density at radius 1 is 1.18 bits per heavy atom. The molecule has 0 spiro atoms. The van der Waals surface area contributed by atoms with Gasteiger partial charge in [0.25, 0.3) is 5.92 Å². The quantitative estimate of drug-likeness (QED) is 0.795. The molecule has 0 amide bonds. The van der Waals surface area contributed by atoms with Crippen LogP contribution < -0.4 is 0 Å². The number of rotatable bonds is 7. The highest BCUT2D eigenvalue weighted by Crippen LogP contribution is 2.28. The van der Waals surface area contributed by atoms with Crippen molar-refractivity contribution in [2.45, 2.75) is 19.3 Å². The Morgan fingerprint density at radius 3 is 2.35 bits per heavy atom. The van der Waals surface area contributed by atoms with E-state index >= 15 is 0 Å². The van der Waals surface area contributed by atoms with Crippen molar-refractivity contribution < 1.29 is 13.9 Å². The molecule has 0 saturated heterocycles. The maximum atomic E-state index is 13.9. The molecule has 0 heterocycles. The second-order valence-electron chi connectivity index (χ2n) is 4.07. The van der Waals surface area contributed by atoms with E-state index < -0.39 is 5.92 Å². The number of alkyl halides is 2. The summed E-state index contributed by atoms with van der Waals surface area (Å²) in [6.07, 6.45) is 0.796. The summed E-state index contributed by atoms with van der Waals surface area (Å²) in [5, 5.41) is 8.84. The number of aliphatic hydroxyl groups excluding tert-OH is 1. The van der Waals surface area contributed by atoms with E-state index in [1.54, 1.807) is 23.1 Å². The number of halogens is 2. The first-order chi connectivity index (χ1) is 8.10. The van der Waals surface area contributed by atoms with Gasteiger partial charge in [0.15, 0.2) is 0 Å². The monoisotopic (exact) mass is 243 g/mol. The van der Waals surface area contributed by atoms with Crippen LogP contribution in [0.1, 0.15) is 18.9 Å². The molecule has 1 aromatic carbocycles. The average Bonchev–Trinajstić information content (AvgIpc) is 2.30. The van der Waals surface area contributed by atoms with E-state index in [0.29, 0.717) is 6.54 Å². The zero-order valence-corrected chi connectivity index (χ0v) is 10.1. The maximum Gasteiger partial charge on any atom is 0.285 e. The topological polar surface area (TPSA) is 23.5 Å². The first-order valence-electron chi connectivity index (χ1n) is 5.86. The van der Waals surface area contributed by atoms with E-state index in [-0.39, 0.29) is 25.3 Å². The fourth-order valence-electron chi connectivity index (χ4n) is 1.78. The molecule has 2 nitrogen and oxygen atoms in total. The Hall–Kier alpha value is -1.00. The minimum atomic E-state index is -2.87. The lowest BCUT2D eigenvalue weighted by atomic mass is 10.1. The van der Waals surface area contributed by atoms with Gasteiger partial charge in [-0.15, -0.1) is 0 Å². The van der Waals surface area contributed by atoms with Crippen molar-refractivity contribution in [3.63, 3.8) is 0 Å². The lowest BCUT2D eigenvalue weighted by Crippen LogP contribution is -2.37. The molecule has 0 aromatic heterocycles. The van der Waals surface area contributed by atoms with Gasteiger partial charge in [-0.2, -0.15) is 8.78 Å². The van der Waals surface area contributed by atoms with Gasteiger partial charge < -0.3 is 5.11 Å². The van der Waals surface area contributed by atoms with Crippen LogP contribution >= 0.6 is 0 Å². The first-order valence-corrected chi connectivity index (χ1v) is 5.86. The molecule has 0 fully saturated rings. The molecule has 0 radical (unpaired) electrons. The van der Waals surface area contributed by atoms with E-state index in [4.69, 9.17) is 5.11 Å². The van der Waals surface area contributed by atoms with Gasteiger partial charge in [-0.25, -0.2) is 0 Å². The van der Waals surface area contributed by atoms with Gasteiger partial charge >= 0.3 is 0 Å². The molecule has 0 bridgehead atoms. The summed E-state index contributed by atoms with van der Waals surface area (Å²) in [6.45, 7) is 2.36. The zero-order valence-electron chi connectivity index (χ0n) is 10.1. The lowest BCUT2D eigenvalue weighted by molar-refractivity contribution is -0.0404. The van der Waals surface area contributed by atoms with Crippen LogP contribution in [0, 0.1) is 0 Å². The largest absolute Gasteiger partial charge is 0.395 e. The number of hydrogen-bond donors (Lipinski definition) is 1. The predicted octanol–water partition coefficient (Wildman–Crippen LogP) is 2.48. The van der Waals surface area contributed by atoms with E-state index in [1.807, 2.05) is 6.92 Å². The number of nitrogens with zero attached hydrogens (tertiary/aromatic N) is 1. The van der Waals surface area contributed by atoms with Crippen molar-refractivity contribution in [1.82, 2.24) is 4.90 Å². The van der Waals surface area contributed by atoms with Gasteiger partial charge in [0.1, 0.15) is 0 Å². The van der Waals surface area contributed by atoms with E-state index in [0.717, 1.165) is 6.42 Å². The van der Waals surface area contributed by atoms with Crippen LogP contribution in [-0.2, 0) is 5.92 Å². The molecule has 1 N–H and O–H groups in total. The Kier molecular flexibility index (Phi) is 5.51. The molecular formula is C13H19F2NO. The Labute approximate surface area is 101 Å². The standard InChI is InChI=1S/C13H19F2NO/c1-2-8-16(9-10-17)11-13(14,15)12-6-4-3-5-7-12/h3-7,17H,2,8-11H2,1H3.